The molecule has 0 fully saturated rings. The Balaban J connectivity index is 0.00000480. The smallest absolute Gasteiger partial charge is 0.434 e. The highest BCUT2D eigenvalue weighted by Gasteiger charge is 2.33. The standard InChI is InChI=1S/C19H24F3N5O2S.HI/c1-3-23-18(24-8-7-17-27-16(12-30-17)19(20,21)22)25-9-10-29-15-6-4-5-14(11-15)26-13(2)28;/h4-6,11-12H,3,7-10H2,1-2H3,(H,26,28)(H2,23,24,25);1H. The maximum absolute atomic E-state index is 12.6. The van der Waals surface area contributed by atoms with Crippen molar-refractivity contribution >= 4 is 52.9 Å². The topological polar surface area (TPSA) is 87.6 Å². The van der Waals surface area contributed by atoms with E-state index in [1.54, 1.807) is 24.3 Å². The lowest BCUT2D eigenvalue weighted by Crippen LogP contribution is -2.39. The molecule has 0 unspecified atom stereocenters. The van der Waals surface area contributed by atoms with Gasteiger partial charge in [0.15, 0.2) is 11.7 Å². The lowest BCUT2D eigenvalue weighted by atomic mass is 10.3. The highest BCUT2D eigenvalue weighted by molar-refractivity contribution is 14.0. The van der Waals surface area contributed by atoms with Crippen LogP contribution in [0, 0.1) is 0 Å². The van der Waals surface area contributed by atoms with Crippen LogP contribution in [-0.2, 0) is 17.4 Å². The van der Waals surface area contributed by atoms with Crippen LogP contribution >= 0.6 is 35.3 Å². The van der Waals surface area contributed by atoms with Gasteiger partial charge in [-0.05, 0) is 19.1 Å². The van der Waals surface area contributed by atoms with Crippen LogP contribution in [0.4, 0.5) is 18.9 Å². The lowest BCUT2D eigenvalue weighted by Gasteiger charge is -2.12. The molecule has 0 aliphatic heterocycles. The summed E-state index contributed by atoms with van der Waals surface area (Å²) in [5.74, 6) is 1.00. The van der Waals surface area contributed by atoms with E-state index in [9.17, 15) is 18.0 Å². The van der Waals surface area contributed by atoms with Crippen LogP contribution in [-0.4, -0.2) is 43.1 Å². The number of alkyl halides is 3. The fourth-order valence-electron chi connectivity index (χ4n) is 2.37. The van der Waals surface area contributed by atoms with E-state index in [2.05, 4.69) is 25.9 Å². The molecule has 1 heterocycles. The molecule has 0 saturated heterocycles. The average Bonchev–Trinajstić information content (AvgIpc) is 3.14. The van der Waals surface area contributed by atoms with E-state index in [1.807, 2.05) is 6.92 Å². The van der Waals surface area contributed by atoms with Crippen LogP contribution in [0.5, 0.6) is 5.75 Å². The molecule has 2 rings (SSSR count). The Morgan fingerprint density at radius 1 is 1.29 bits per heavy atom. The number of hydrogen-bond acceptors (Lipinski definition) is 5. The first-order valence-corrected chi connectivity index (χ1v) is 10.2. The molecule has 1 amide bonds. The van der Waals surface area contributed by atoms with Crippen molar-refractivity contribution in [3.8, 4) is 5.75 Å². The van der Waals surface area contributed by atoms with E-state index >= 15 is 0 Å². The summed E-state index contributed by atoms with van der Waals surface area (Å²) >= 11 is 0.978. The van der Waals surface area contributed by atoms with Crippen molar-refractivity contribution in [2.24, 2.45) is 4.99 Å². The molecule has 0 spiro atoms. The number of nitrogens with zero attached hydrogens (tertiary/aromatic N) is 2. The van der Waals surface area contributed by atoms with Gasteiger partial charge in [0, 0.05) is 43.6 Å². The molecule has 0 bridgehead atoms. The minimum absolute atomic E-state index is 0. The fraction of sp³-hybridized carbons (Fsp3) is 0.421. The van der Waals surface area contributed by atoms with Crippen molar-refractivity contribution in [3.05, 3.63) is 40.3 Å². The Morgan fingerprint density at radius 2 is 2.06 bits per heavy atom. The molecule has 172 valence electrons. The Hall–Kier alpha value is -2.09. The van der Waals surface area contributed by atoms with Crippen molar-refractivity contribution in [2.45, 2.75) is 26.4 Å². The molecular weight excluding hydrogens is 546 g/mol. The molecule has 0 atom stereocenters. The number of carbonyl (C=O) groups excluding carboxylic acids is 1. The zero-order chi connectivity index (χ0) is 22.0. The number of rotatable bonds is 9. The van der Waals surface area contributed by atoms with Crippen LogP contribution in [0.25, 0.3) is 0 Å². The van der Waals surface area contributed by atoms with Gasteiger partial charge in [-0.25, -0.2) is 4.98 Å². The number of ether oxygens (including phenoxy) is 1. The summed E-state index contributed by atoms with van der Waals surface area (Å²) in [6.45, 7) is 5.11. The summed E-state index contributed by atoms with van der Waals surface area (Å²) in [5, 5.41) is 10.3. The summed E-state index contributed by atoms with van der Waals surface area (Å²) in [4.78, 5) is 19.1. The van der Waals surface area contributed by atoms with Gasteiger partial charge < -0.3 is 20.7 Å². The SMILES string of the molecule is CCNC(=NCCc1nc(C(F)(F)F)cs1)NCCOc1cccc(NC(C)=O)c1.I. The molecule has 3 N–H and O–H groups in total. The molecule has 7 nitrogen and oxygen atoms in total. The lowest BCUT2D eigenvalue weighted by molar-refractivity contribution is -0.140. The number of halogens is 4. The molecule has 12 heteroatoms. The first-order chi connectivity index (χ1) is 14.3. The number of thiazole rings is 1. The molecule has 31 heavy (non-hydrogen) atoms. The van der Waals surface area contributed by atoms with Gasteiger partial charge in [-0.15, -0.1) is 35.3 Å². The van der Waals surface area contributed by atoms with E-state index in [0.717, 1.165) is 16.7 Å². The number of guanidine groups is 1. The molecule has 2 aromatic rings. The number of aromatic nitrogens is 1. The number of nitrogens with one attached hydrogen (secondary N) is 3. The van der Waals surface area contributed by atoms with E-state index < -0.39 is 11.9 Å². The predicted octanol–water partition coefficient (Wildman–Crippen LogP) is 3.91. The highest BCUT2D eigenvalue weighted by Crippen LogP contribution is 2.30. The van der Waals surface area contributed by atoms with E-state index in [4.69, 9.17) is 4.74 Å². The monoisotopic (exact) mass is 571 g/mol. The van der Waals surface area contributed by atoms with Crippen molar-refractivity contribution in [1.82, 2.24) is 15.6 Å². The van der Waals surface area contributed by atoms with Crippen molar-refractivity contribution in [3.63, 3.8) is 0 Å². The summed E-state index contributed by atoms with van der Waals surface area (Å²) in [6, 6.07) is 7.06. The van der Waals surface area contributed by atoms with E-state index in [-0.39, 0.29) is 29.9 Å². The minimum Gasteiger partial charge on any atom is -0.492 e. The number of amides is 1. The van der Waals surface area contributed by atoms with Crippen molar-refractivity contribution < 1.29 is 22.7 Å². The zero-order valence-electron chi connectivity index (χ0n) is 17.1. The number of hydrogen-bond donors (Lipinski definition) is 3. The van der Waals surface area contributed by atoms with Crippen LogP contribution in [0.1, 0.15) is 24.5 Å². The molecule has 0 aliphatic rings. The molecule has 1 aromatic heterocycles. The zero-order valence-corrected chi connectivity index (χ0v) is 20.2. The molecule has 0 radical (unpaired) electrons. The van der Waals surface area contributed by atoms with Gasteiger partial charge in [0.25, 0.3) is 0 Å². The van der Waals surface area contributed by atoms with Crippen LogP contribution < -0.4 is 20.7 Å². The second-order valence-electron chi connectivity index (χ2n) is 6.12. The number of carbonyl (C=O) groups is 1. The maximum atomic E-state index is 12.6. The van der Waals surface area contributed by atoms with Gasteiger partial charge in [0.2, 0.25) is 5.91 Å². The average molecular weight is 571 g/mol. The van der Waals surface area contributed by atoms with Crippen LogP contribution in [0.15, 0.2) is 34.6 Å². The molecule has 0 aliphatic carbocycles. The summed E-state index contributed by atoms with van der Waals surface area (Å²) in [5.41, 5.74) is -0.213. The Bertz CT molecular complexity index is 861. The second-order valence-corrected chi connectivity index (χ2v) is 7.06. The van der Waals surface area contributed by atoms with Gasteiger partial charge in [0.05, 0.1) is 11.6 Å². The maximum Gasteiger partial charge on any atom is 0.434 e. The molecule has 1 aromatic carbocycles. The predicted molar refractivity (Wildman–Crippen MR) is 126 cm³/mol. The van der Waals surface area contributed by atoms with Gasteiger partial charge in [-0.2, -0.15) is 13.2 Å². The third kappa shape index (κ3) is 10.2. The van der Waals surface area contributed by atoms with Crippen molar-refractivity contribution in [1.29, 1.82) is 0 Å². The first-order valence-electron chi connectivity index (χ1n) is 9.32. The third-order valence-corrected chi connectivity index (χ3v) is 4.51. The van der Waals surface area contributed by atoms with E-state index in [0.29, 0.717) is 55.1 Å². The Labute approximate surface area is 199 Å². The highest BCUT2D eigenvalue weighted by atomic mass is 127. The summed E-state index contributed by atoms with van der Waals surface area (Å²) < 4.78 is 43.4. The first kappa shape index (κ1) is 26.9. The summed E-state index contributed by atoms with van der Waals surface area (Å²) in [6.07, 6.45) is -4.10. The number of aliphatic imine (C=N–C) groups is 1. The third-order valence-electron chi connectivity index (χ3n) is 3.60. The Morgan fingerprint density at radius 3 is 2.71 bits per heavy atom. The number of benzene rings is 1. The quantitative estimate of drug-likeness (QED) is 0.184. The second kappa shape index (κ2) is 13.3. The normalized spacial score (nSPS) is 11.5. The fourth-order valence-corrected chi connectivity index (χ4v) is 3.16. The Kier molecular flexibility index (Phi) is 11.6. The van der Waals surface area contributed by atoms with Crippen molar-refractivity contribution in [2.75, 3.05) is 31.6 Å². The van der Waals surface area contributed by atoms with Crippen LogP contribution in [0.2, 0.25) is 0 Å². The van der Waals surface area contributed by atoms with Gasteiger partial charge in [0.1, 0.15) is 12.4 Å². The molecule has 0 saturated carbocycles. The number of anilines is 1. The van der Waals surface area contributed by atoms with Crippen LogP contribution in [0.3, 0.4) is 0 Å². The van der Waals surface area contributed by atoms with Gasteiger partial charge in [-0.1, -0.05) is 6.07 Å². The minimum atomic E-state index is -4.42. The summed E-state index contributed by atoms with van der Waals surface area (Å²) in [7, 11) is 0. The largest absolute Gasteiger partial charge is 0.492 e. The van der Waals surface area contributed by atoms with Gasteiger partial charge in [-0.3, -0.25) is 9.79 Å². The van der Waals surface area contributed by atoms with Gasteiger partial charge >= 0.3 is 6.18 Å². The molecular formula is C19H25F3IN5O2S. The van der Waals surface area contributed by atoms with E-state index in [1.165, 1.54) is 6.92 Å².